The average Bonchev–Trinajstić information content (AvgIpc) is 2.75. The van der Waals surface area contributed by atoms with E-state index in [0.29, 0.717) is 46.3 Å². The first kappa shape index (κ1) is 61.9. The topological polar surface area (TPSA) is 471 Å². The molecule has 0 bridgehead atoms. The Morgan fingerprint density at radius 3 is 1.94 bits per heavy atom. The first-order valence-corrected chi connectivity index (χ1v) is 29.5. The number of fused-ring (bicyclic) bond motifs is 1. The first-order valence-electron chi connectivity index (χ1n) is 24.6. The number of anilines is 4. The number of carboxylic acids is 2. The summed E-state index contributed by atoms with van der Waals surface area (Å²) < 4.78 is 62.1. The number of aromatic amines is 1. The number of aliphatic carboxylic acids is 2. The molecular formula is C46H53ClN15O18P3. The molecular weight excluding hydrogens is 1180 g/mol. The number of rotatable bonds is 28. The monoisotopic (exact) mass is 1230 g/mol. The lowest BCUT2D eigenvalue weighted by atomic mass is 10.0. The van der Waals surface area contributed by atoms with Crippen molar-refractivity contribution in [2.24, 2.45) is 0 Å². The van der Waals surface area contributed by atoms with Crippen molar-refractivity contribution in [3.8, 4) is 33.9 Å². The largest absolute Gasteiger partial charge is 0.490 e. The van der Waals surface area contributed by atoms with E-state index in [1.54, 1.807) is 42.5 Å². The molecule has 6 aromatic heterocycles. The first-order chi connectivity index (χ1) is 39.3. The van der Waals surface area contributed by atoms with Gasteiger partial charge in [-0.1, -0.05) is 38.1 Å². The van der Waals surface area contributed by atoms with E-state index in [0.717, 1.165) is 35.2 Å². The van der Waals surface area contributed by atoms with Crippen LogP contribution in [0.15, 0.2) is 83.9 Å². The summed E-state index contributed by atoms with van der Waals surface area (Å²) in [6, 6.07) is 21.5. The van der Waals surface area contributed by atoms with Crippen LogP contribution in [0.3, 0.4) is 0 Å². The predicted molar refractivity (Wildman–Crippen MR) is 292 cm³/mol. The number of imidazole rings is 1. The van der Waals surface area contributed by atoms with Gasteiger partial charge in [0.05, 0.1) is 66.8 Å². The average molecular weight is 1230 g/mol. The number of carbonyl (C=O) groups is 2. The number of carboxylic acid groups (broad SMARTS) is 2. The zero-order chi connectivity index (χ0) is 59.8. The summed E-state index contributed by atoms with van der Waals surface area (Å²) in [5, 5.41) is 45.4. The van der Waals surface area contributed by atoms with E-state index >= 15 is 0 Å². The highest BCUT2D eigenvalue weighted by atomic mass is 35.5. The molecule has 37 heteroatoms. The van der Waals surface area contributed by atoms with Crippen LogP contribution < -0.4 is 21.9 Å². The molecule has 1 aliphatic heterocycles. The third-order valence-corrected chi connectivity index (χ3v) is 16.4. The Morgan fingerprint density at radius 1 is 0.747 bits per heavy atom. The fraction of sp³-hybridized carbons (Fsp3) is 0.326. The number of phosphoric acid groups is 3. The molecule has 0 spiro atoms. The maximum Gasteiger partial charge on any atom is 0.490 e. The Labute approximate surface area is 474 Å². The van der Waals surface area contributed by atoms with Gasteiger partial charge in [0.1, 0.15) is 18.3 Å². The van der Waals surface area contributed by atoms with Gasteiger partial charge in [0, 0.05) is 25.3 Å². The normalized spacial score (nSPS) is 18.4. The second-order valence-electron chi connectivity index (χ2n) is 17.9. The minimum Gasteiger partial charge on any atom is -0.480 e. The Morgan fingerprint density at radius 2 is 1.34 bits per heavy atom. The van der Waals surface area contributed by atoms with E-state index < -0.39 is 91.8 Å². The number of aliphatic hydroxyl groups excluding tert-OH is 2. The number of pyridine rings is 3. The van der Waals surface area contributed by atoms with E-state index in [1.807, 2.05) is 30.3 Å². The Balaban J connectivity index is 0.882. The molecule has 0 radical (unpaired) electrons. The molecule has 7 atom stereocenters. The van der Waals surface area contributed by atoms with E-state index in [-0.39, 0.29) is 47.4 Å². The van der Waals surface area contributed by atoms with Gasteiger partial charge in [-0.05, 0) is 84.3 Å². The molecule has 7 aromatic rings. The molecule has 0 aliphatic carbocycles. The van der Waals surface area contributed by atoms with E-state index in [1.165, 1.54) is 4.90 Å². The van der Waals surface area contributed by atoms with Crippen LogP contribution >= 0.6 is 35.1 Å². The number of halogens is 1. The van der Waals surface area contributed by atoms with E-state index in [9.17, 15) is 63.2 Å². The number of phosphoric ester groups is 2. The summed E-state index contributed by atoms with van der Waals surface area (Å²) >= 11 is 6.19. The minimum atomic E-state index is -5.95. The molecule has 8 rings (SSSR count). The second kappa shape index (κ2) is 26.6. The zero-order valence-electron chi connectivity index (χ0n) is 43.5. The molecule has 7 heterocycles. The molecule has 1 fully saturated rings. The summed E-state index contributed by atoms with van der Waals surface area (Å²) in [7, 11) is -17.2. The van der Waals surface area contributed by atoms with Crippen LogP contribution in [-0.2, 0) is 58.8 Å². The lowest BCUT2D eigenvalue weighted by Gasteiger charge is -2.20. The third kappa shape index (κ3) is 16.8. The molecule has 0 saturated carbocycles. The van der Waals surface area contributed by atoms with E-state index in [2.05, 4.69) is 72.4 Å². The fourth-order valence-corrected chi connectivity index (χ4v) is 11.9. The van der Waals surface area contributed by atoms with Gasteiger partial charge in [0.2, 0.25) is 23.1 Å². The quantitative estimate of drug-likeness (QED) is 0.0247. The Hall–Kier alpha value is -7.13. The maximum absolute atomic E-state index is 12.6. The molecule has 33 nitrogen and oxygen atoms in total. The van der Waals surface area contributed by atoms with Crippen LogP contribution in [0.2, 0.25) is 5.28 Å². The SMILES string of the molecule is CCN(CC)Cc1cccc(-c2cc(-c3ccc(Nc4nc(Cl)nc(NCCOP(=O)(O)OP(=O)(O)OP(=O)(O)OC[C@H]5O[C@@H](n6cnc7c(=O)[nH]c(N)nc76)[C@@H](O)C5O)n4)cc3)cc(-c3cccc(CN(CC(=O)O)CC(=O)O)n3)n2)n1. The van der Waals surface area contributed by atoms with Crippen molar-refractivity contribution >= 4 is 81.7 Å². The number of nitrogens with zero attached hydrogens (tertiary/aromatic N) is 11. The second-order valence-corrected chi connectivity index (χ2v) is 22.9. The van der Waals surface area contributed by atoms with Gasteiger partial charge < -0.3 is 56.2 Å². The van der Waals surface area contributed by atoms with Crippen molar-refractivity contribution in [1.82, 2.24) is 59.2 Å². The van der Waals surface area contributed by atoms with Crippen LogP contribution in [0, 0.1) is 0 Å². The van der Waals surface area contributed by atoms with Crippen LogP contribution in [0.25, 0.3) is 45.1 Å². The number of hydrogen-bond donors (Lipinski definition) is 11. The van der Waals surface area contributed by atoms with Gasteiger partial charge >= 0.3 is 35.4 Å². The number of nitrogens with one attached hydrogen (secondary N) is 3. The lowest BCUT2D eigenvalue weighted by molar-refractivity contribution is -0.142. The molecule has 442 valence electrons. The molecule has 4 unspecified atom stereocenters. The molecule has 1 aliphatic rings. The zero-order valence-corrected chi connectivity index (χ0v) is 47.0. The Kier molecular flexibility index (Phi) is 19.9. The van der Waals surface area contributed by atoms with E-state index in [4.69, 9.17) is 41.5 Å². The number of H-pyrrole nitrogens is 1. The standard InChI is InChI=1S/C46H53ClN15O18P3/c1-3-60(4-2)19-28-7-5-9-30(51-28)32-17-26(18-33(54-32)31-10-6-8-29(52-31)20-61(21-35(63)64)22-36(65)66)25-11-13-27(14-12-25)53-46-58-43(47)57-45(59-46)49-15-16-76-81(70,71)79-83(74,75)80-82(72,73)77-23-34-38(67)39(68)42(78-34)62-24-50-37-40(62)55-44(48)56-41(37)69/h5-14,17-18,24,34,38-39,42,67-68H,3-4,15-16,19-23H2,1-2H3,(H,63,64)(H,65,66)(H,70,71)(H,72,73)(H,74,75)(H3,48,55,56,69)(H2,49,53,57,58,59)/t34-,38?,39+,42-/m1/s1. The van der Waals surface area contributed by atoms with Crippen LogP contribution in [0.4, 0.5) is 23.5 Å². The number of hydrogen-bond acceptors (Lipinski definition) is 26. The van der Waals surface area contributed by atoms with Gasteiger partial charge in [-0.15, -0.1) is 0 Å². The number of benzene rings is 1. The molecule has 1 aromatic carbocycles. The van der Waals surface area contributed by atoms with Crippen molar-refractivity contribution in [3.05, 3.63) is 106 Å². The lowest BCUT2D eigenvalue weighted by Crippen LogP contribution is -2.34. The number of aliphatic hydroxyl groups is 2. The van der Waals surface area contributed by atoms with Crippen LogP contribution in [0.5, 0.6) is 0 Å². The van der Waals surface area contributed by atoms with Crippen LogP contribution in [0.1, 0.15) is 31.5 Å². The number of nitrogens with two attached hydrogens (primary N) is 1. The highest BCUT2D eigenvalue weighted by molar-refractivity contribution is 7.66. The summed E-state index contributed by atoms with van der Waals surface area (Å²) in [6.45, 7) is 3.11. The van der Waals surface area contributed by atoms with Gasteiger partial charge in [0.25, 0.3) is 5.56 Å². The summed E-state index contributed by atoms with van der Waals surface area (Å²) in [4.78, 5) is 106. The number of aromatic nitrogens is 10. The van der Waals surface area contributed by atoms with Crippen molar-refractivity contribution in [3.63, 3.8) is 0 Å². The van der Waals surface area contributed by atoms with Gasteiger partial charge in [-0.3, -0.25) is 42.8 Å². The summed E-state index contributed by atoms with van der Waals surface area (Å²) in [5.41, 5.74) is 9.69. The highest BCUT2D eigenvalue weighted by Crippen LogP contribution is 2.67. The van der Waals surface area contributed by atoms with Gasteiger partial charge in [-0.25, -0.2) is 33.6 Å². The molecule has 1 saturated heterocycles. The Bertz CT molecular complexity index is 3680. The highest BCUT2D eigenvalue weighted by Gasteiger charge is 2.47. The number of nitrogen functional groups attached to an aromatic ring is 1. The smallest absolute Gasteiger partial charge is 0.480 e. The van der Waals surface area contributed by atoms with Crippen LogP contribution in [-0.4, -0.2) is 171 Å². The molecule has 0 amide bonds. The maximum atomic E-state index is 12.6. The van der Waals surface area contributed by atoms with Gasteiger partial charge in [0.15, 0.2) is 17.4 Å². The fourth-order valence-electron chi connectivity index (χ4n) is 8.24. The molecule has 83 heavy (non-hydrogen) atoms. The van der Waals surface area contributed by atoms with Crippen molar-refractivity contribution < 1.29 is 80.8 Å². The van der Waals surface area contributed by atoms with Crippen molar-refractivity contribution in [2.75, 3.05) is 62.3 Å². The summed E-state index contributed by atoms with van der Waals surface area (Å²) in [6.07, 6.45) is -5.64. The molecule has 12 N–H and O–H groups in total. The number of ether oxygens (including phenoxy) is 1. The predicted octanol–water partition coefficient (Wildman–Crippen LogP) is 3.38. The minimum absolute atomic E-state index is 0.0516. The van der Waals surface area contributed by atoms with Gasteiger partial charge in [-0.2, -0.15) is 28.6 Å². The third-order valence-electron chi connectivity index (χ3n) is 11.9. The summed E-state index contributed by atoms with van der Waals surface area (Å²) in [5.74, 6) is -2.91. The van der Waals surface area contributed by atoms with Crippen molar-refractivity contribution in [1.29, 1.82) is 0 Å². The van der Waals surface area contributed by atoms with Crippen molar-refractivity contribution in [2.45, 2.75) is 51.5 Å².